The van der Waals surface area contributed by atoms with Gasteiger partial charge in [-0.1, -0.05) is 12.1 Å². The van der Waals surface area contributed by atoms with Gasteiger partial charge >= 0.3 is 0 Å². The number of nitrogens with zero attached hydrogens (tertiary/aromatic N) is 3. The summed E-state index contributed by atoms with van der Waals surface area (Å²) in [5.41, 5.74) is 8.39. The number of carbonyl (C=O) groups is 1. The maximum atomic E-state index is 12.8. The third kappa shape index (κ3) is 3.81. The van der Waals surface area contributed by atoms with E-state index in [1.54, 1.807) is 6.20 Å². The maximum Gasteiger partial charge on any atom is 0.253 e. The second kappa shape index (κ2) is 7.63. The van der Waals surface area contributed by atoms with Crippen molar-refractivity contribution in [3.8, 4) is 11.1 Å². The summed E-state index contributed by atoms with van der Waals surface area (Å²) in [5.74, 6) is 0.509. The Balaban J connectivity index is 1.74. The van der Waals surface area contributed by atoms with Crippen molar-refractivity contribution < 1.29 is 9.90 Å². The molecular formula is C19H24N4O2. The molecule has 1 saturated heterocycles. The van der Waals surface area contributed by atoms with Crippen molar-refractivity contribution in [1.82, 2.24) is 14.8 Å². The number of aliphatic hydroxyl groups is 1. The first-order valence-corrected chi connectivity index (χ1v) is 8.51. The molecule has 3 rings (SSSR count). The van der Waals surface area contributed by atoms with Gasteiger partial charge in [0, 0.05) is 49.6 Å². The third-order valence-corrected chi connectivity index (χ3v) is 4.81. The average molecular weight is 340 g/mol. The Bertz CT molecular complexity index is 732. The second-order valence-electron chi connectivity index (χ2n) is 6.41. The number of hydrogen-bond acceptors (Lipinski definition) is 5. The van der Waals surface area contributed by atoms with Gasteiger partial charge in [-0.05, 0) is 43.3 Å². The summed E-state index contributed by atoms with van der Waals surface area (Å²) in [4.78, 5) is 20.9. The zero-order valence-electron chi connectivity index (χ0n) is 14.4. The number of pyridine rings is 1. The van der Waals surface area contributed by atoms with Crippen LogP contribution in [-0.2, 0) is 0 Å². The van der Waals surface area contributed by atoms with Crippen LogP contribution in [0.5, 0.6) is 0 Å². The van der Waals surface area contributed by atoms with E-state index in [-0.39, 0.29) is 18.6 Å². The number of carbonyl (C=O) groups excluding carboxylic acids is 1. The van der Waals surface area contributed by atoms with Crippen LogP contribution >= 0.6 is 0 Å². The molecule has 1 fully saturated rings. The fourth-order valence-electron chi connectivity index (χ4n) is 3.23. The topological polar surface area (TPSA) is 82.7 Å². The molecule has 1 atom stereocenters. The Labute approximate surface area is 147 Å². The number of piperazine rings is 1. The standard InChI is InChI=1S/C19H24N4O2/c1-22-10-11-23(13-16(22)8-12-24)19(25)15-6-4-14(5-7-15)17-3-2-9-21-18(17)20/h2-7,9,16,24H,8,10-13H2,1H3,(H2,20,21). The minimum absolute atomic E-state index is 0.0294. The van der Waals surface area contributed by atoms with Crippen LogP contribution in [-0.4, -0.2) is 65.1 Å². The molecule has 1 aliphatic heterocycles. The van der Waals surface area contributed by atoms with Crippen LogP contribution in [0.15, 0.2) is 42.6 Å². The zero-order chi connectivity index (χ0) is 17.8. The summed E-state index contributed by atoms with van der Waals surface area (Å²) in [6.07, 6.45) is 2.34. The molecule has 0 aliphatic carbocycles. The number of aliphatic hydroxyl groups excluding tert-OH is 1. The lowest BCUT2D eigenvalue weighted by atomic mass is 10.0. The highest BCUT2D eigenvalue weighted by Crippen LogP contribution is 2.24. The van der Waals surface area contributed by atoms with Crippen LogP contribution < -0.4 is 5.73 Å². The molecule has 25 heavy (non-hydrogen) atoms. The average Bonchev–Trinajstić information content (AvgIpc) is 2.64. The van der Waals surface area contributed by atoms with Gasteiger partial charge in [0.2, 0.25) is 0 Å². The van der Waals surface area contributed by atoms with E-state index in [1.807, 2.05) is 48.3 Å². The third-order valence-electron chi connectivity index (χ3n) is 4.81. The molecule has 6 heteroatoms. The molecule has 0 spiro atoms. The fraction of sp³-hybridized carbons (Fsp3) is 0.368. The molecule has 0 bridgehead atoms. The van der Waals surface area contributed by atoms with Gasteiger partial charge < -0.3 is 15.7 Å². The molecule has 1 aliphatic rings. The van der Waals surface area contributed by atoms with E-state index < -0.39 is 0 Å². The summed E-state index contributed by atoms with van der Waals surface area (Å²) >= 11 is 0. The zero-order valence-corrected chi connectivity index (χ0v) is 14.4. The Hall–Kier alpha value is -2.44. The predicted molar refractivity (Wildman–Crippen MR) is 98.1 cm³/mol. The van der Waals surface area contributed by atoms with E-state index in [0.29, 0.717) is 30.9 Å². The lowest BCUT2D eigenvalue weighted by molar-refractivity contribution is 0.0500. The molecule has 1 unspecified atom stereocenters. The van der Waals surface area contributed by atoms with Crippen molar-refractivity contribution in [2.24, 2.45) is 0 Å². The van der Waals surface area contributed by atoms with Gasteiger partial charge in [-0.25, -0.2) is 4.98 Å². The van der Waals surface area contributed by atoms with E-state index in [2.05, 4.69) is 9.88 Å². The van der Waals surface area contributed by atoms with Crippen molar-refractivity contribution in [2.75, 3.05) is 39.0 Å². The van der Waals surface area contributed by atoms with Gasteiger partial charge in [0.05, 0.1) is 0 Å². The Morgan fingerprint density at radius 2 is 2.04 bits per heavy atom. The summed E-state index contributed by atoms with van der Waals surface area (Å²) in [6.45, 7) is 2.31. The van der Waals surface area contributed by atoms with Crippen LogP contribution in [0, 0.1) is 0 Å². The van der Waals surface area contributed by atoms with E-state index in [1.165, 1.54) is 0 Å². The number of aromatic nitrogens is 1. The quantitative estimate of drug-likeness (QED) is 0.881. The van der Waals surface area contributed by atoms with Gasteiger partial charge in [-0.2, -0.15) is 0 Å². The fourth-order valence-corrected chi connectivity index (χ4v) is 3.23. The molecule has 1 amide bonds. The number of likely N-dealkylation sites (N-methyl/N-ethyl adjacent to an activating group) is 1. The van der Waals surface area contributed by atoms with Gasteiger partial charge in [0.25, 0.3) is 5.91 Å². The number of rotatable bonds is 4. The molecular weight excluding hydrogens is 316 g/mol. The first kappa shape index (κ1) is 17.4. The highest BCUT2D eigenvalue weighted by molar-refractivity contribution is 5.95. The smallest absolute Gasteiger partial charge is 0.253 e. The number of benzene rings is 1. The molecule has 132 valence electrons. The van der Waals surface area contributed by atoms with Gasteiger partial charge in [-0.15, -0.1) is 0 Å². The maximum absolute atomic E-state index is 12.8. The van der Waals surface area contributed by atoms with Crippen molar-refractivity contribution in [3.05, 3.63) is 48.2 Å². The van der Waals surface area contributed by atoms with Gasteiger partial charge in [0.1, 0.15) is 5.82 Å². The Morgan fingerprint density at radius 3 is 2.72 bits per heavy atom. The summed E-state index contributed by atoms with van der Waals surface area (Å²) in [7, 11) is 2.04. The van der Waals surface area contributed by atoms with E-state index in [9.17, 15) is 9.90 Å². The lowest BCUT2D eigenvalue weighted by Gasteiger charge is -2.39. The first-order chi connectivity index (χ1) is 12.1. The molecule has 3 N–H and O–H groups in total. The first-order valence-electron chi connectivity index (χ1n) is 8.51. The predicted octanol–water partition coefficient (Wildman–Crippen LogP) is 1.47. The largest absolute Gasteiger partial charge is 0.396 e. The minimum atomic E-state index is 0.0294. The highest BCUT2D eigenvalue weighted by Gasteiger charge is 2.27. The molecule has 6 nitrogen and oxygen atoms in total. The Morgan fingerprint density at radius 1 is 1.28 bits per heavy atom. The molecule has 0 saturated carbocycles. The normalized spacial score (nSPS) is 18.3. The molecule has 2 aromatic rings. The summed E-state index contributed by atoms with van der Waals surface area (Å²) < 4.78 is 0. The van der Waals surface area contributed by atoms with E-state index >= 15 is 0 Å². The van der Waals surface area contributed by atoms with Crippen molar-refractivity contribution >= 4 is 11.7 Å². The van der Waals surface area contributed by atoms with Crippen LogP contribution in [0.25, 0.3) is 11.1 Å². The Kier molecular flexibility index (Phi) is 5.31. The van der Waals surface area contributed by atoms with Crippen molar-refractivity contribution in [3.63, 3.8) is 0 Å². The SMILES string of the molecule is CN1CCN(C(=O)c2ccc(-c3cccnc3N)cc2)CC1CCO. The highest BCUT2D eigenvalue weighted by atomic mass is 16.3. The number of amides is 1. The lowest BCUT2D eigenvalue weighted by Crippen LogP contribution is -2.53. The summed E-state index contributed by atoms with van der Waals surface area (Å²) in [6, 6.07) is 11.4. The number of nitrogen functional groups attached to an aromatic ring is 1. The van der Waals surface area contributed by atoms with Crippen LogP contribution in [0.1, 0.15) is 16.8 Å². The van der Waals surface area contributed by atoms with Gasteiger partial charge in [0.15, 0.2) is 0 Å². The van der Waals surface area contributed by atoms with E-state index in [4.69, 9.17) is 5.73 Å². The summed E-state index contributed by atoms with van der Waals surface area (Å²) in [5, 5.41) is 9.19. The van der Waals surface area contributed by atoms with Crippen molar-refractivity contribution in [2.45, 2.75) is 12.5 Å². The van der Waals surface area contributed by atoms with Crippen LogP contribution in [0.4, 0.5) is 5.82 Å². The number of nitrogens with two attached hydrogens (primary N) is 1. The molecule has 1 aromatic carbocycles. The van der Waals surface area contributed by atoms with Gasteiger partial charge in [-0.3, -0.25) is 9.69 Å². The minimum Gasteiger partial charge on any atom is -0.396 e. The molecule has 2 heterocycles. The molecule has 0 radical (unpaired) electrons. The number of anilines is 1. The van der Waals surface area contributed by atoms with E-state index in [0.717, 1.165) is 17.7 Å². The monoisotopic (exact) mass is 340 g/mol. The second-order valence-corrected chi connectivity index (χ2v) is 6.41. The molecule has 1 aromatic heterocycles. The number of hydrogen-bond donors (Lipinski definition) is 2. The van der Waals surface area contributed by atoms with Crippen molar-refractivity contribution in [1.29, 1.82) is 0 Å². The van der Waals surface area contributed by atoms with Crippen LogP contribution in [0.3, 0.4) is 0 Å². The van der Waals surface area contributed by atoms with Crippen LogP contribution in [0.2, 0.25) is 0 Å².